The lowest BCUT2D eigenvalue weighted by atomic mass is 10.6. The molecule has 13 heavy (non-hydrogen) atoms. The Bertz CT molecular complexity index is 345. The van der Waals surface area contributed by atoms with Gasteiger partial charge in [0.25, 0.3) is 0 Å². The Balaban J connectivity index is 4.07. The summed E-state index contributed by atoms with van der Waals surface area (Å²) in [6.45, 7) is 0. The molecule has 0 aliphatic carbocycles. The van der Waals surface area contributed by atoms with Gasteiger partial charge in [-0.15, -0.1) is 3.89 Å². The van der Waals surface area contributed by atoms with Gasteiger partial charge in [0.2, 0.25) is 10.0 Å². The van der Waals surface area contributed by atoms with E-state index in [0.29, 0.717) is 0 Å². The molecule has 0 rings (SSSR count). The summed E-state index contributed by atoms with van der Waals surface area (Å²) in [5.41, 5.74) is 0. The zero-order valence-corrected chi connectivity index (χ0v) is 9.03. The second-order valence-electron chi connectivity index (χ2n) is 2.69. The molecule has 0 amide bonds. The van der Waals surface area contributed by atoms with Gasteiger partial charge in [-0.05, 0) is 6.42 Å². The standard InChI is InChI=1S/C5H12FNO4S2/c1-7(2)13(10,11)5-3-4-12(6,8)9/h3-5H2,1-2H3. The summed E-state index contributed by atoms with van der Waals surface area (Å²) in [6, 6.07) is 0. The molecule has 0 saturated carbocycles. The van der Waals surface area contributed by atoms with Crippen molar-refractivity contribution in [2.24, 2.45) is 0 Å². The fraction of sp³-hybridized carbons (Fsp3) is 1.00. The van der Waals surface area contributed by atoms with E-state index in [0.717, 1.165) is 4.31 Å². The van der Waals surface area contributed by atoms with E-state index < -0.39 is 26.0 Å². The van der Waals surface area contributed by atoms with Gasteiger partial charge in [-0.3, -0.25) is 0 Å². The maximum absolute atomic E-state index is 11.9. The quantitative estimate of drug-likeness (QED) is 0.604. The average Bonchev–Trinajstić information content (AvgIpc) is 1.82. The maximum atomic E-state index is 11.9. The predicted octanol–water partition coefficient (Wildman–Crippen LogP) is -0.433. The van der Waals surface area contributed by atoms with Crippen molar-refractivity contribution in [3.05, 3.63) is 0 Å². The number of hydrogen-bond acceptors (Lipinski definition) is 4. The van der Waals surface area contributed by atoms with Crippen molar-refractivity contribution in [2.75, 3.05) is 25.6 Å². The maximum Gasteiger partial charge on any atom is 0.302 e. The third-order valence-corrected chi connectivity index (χ3v) is 4.04. The Morgan fingerprint density at radius 2 is 1.54 bits per heavy atom. The molecule has 0 atom stereocenters. The highest BCUT2D eigenvalue weighted by Gasteiger charge is 2.15. The Morgan fingerprint density at radius 3 is 1.85 bits per heavy atom. The molecular weight excluding hydrogens is 221 g/mol. The number of hydrogen-bond donors (Lipinski definition) is 0. The van der Waals surface area contributed by atoms with Gasteiger partial charge in [0.1, 0.15) is 0 Å². The molecule has 0 aliphatic heterocycles. The third kappa shape index (κ3) is 5.94. The Labute approximate surface area is 77.8 Å². The van der Waals surface area contributed by atoms with Crippen LogP contribution in [0, 0.1) is 0 Å². The van der Waals surface area contributed by atoms with Gasteiger partial charge in [-0.2, -0.15) is 8.42 Å². The SMILES string of the molecule is CN(C)S(=O)(=O)CCCS(=O)(=O)F. The van der Waals surface area contributed by atoms with Crippen molar-refractivity contribution in [1.82, 2.24) is 4.31 Å². The summed E-state index contributed by atoms with van der Waals surface area (Å²) in [6.07, 6.45) is -0.223. The summed E-state index contributed by atoms with van der Waals surface area (Å²) in [4.78, 5) is 0. The van der Waals surface area contributed by atoms with Crippen LogP contribution in [0.2, 0.25) is 0 Å². The zero-order chi connectivity index (χ0) is 10.7. The van der Waals surface area contributed by atoms with E-state index in [1.807, 2.05) is 0 Å². The van der Waals surface area contributed by atoms with Gasteiger partial charge in [0.15, 0.2) is 0 Å². The number of nitrogens with zero attached hydrogens (tertiary/aromatic N) is 1. The van der Waals surface area contributed by atoms with Gasteiger partial charge in [-0.1, -0.05) is 0 Å². The van der Waals surface area contributed by atoms with Crippen LogP contribution in [-0.4, -0.2) is 46.7 Å². The fourth-order valence-corrected chi connectivity index (χ4v) is 2.14. The van der Waals surface area contributed by atoms with Crippen LogP contribution in [0.5, 0.6) is 0 Å². The van der Waals surface area contributed by atoms with Crippen LogP contribution in [0.3, 0.4) is 0 Å². The molecule has 8 heteroatoms. The van der Waals surface area contributed by atoms with Crippen molar-refractivity contribution >= 4 is 20.2 Å². The minimum atomic E-state index is -4.56. The number of sulfonamides is 1. The van der Waals surface area contributed by atoms with Crippen molar-refractivity contribution in [2.45, 2.75) is 6.42 Å². The highest BCUT2D eigenvalue weighted by atomic mass is 32.3. The smallest absolute Gasteiger partial charge is 0.212 e. The molecule has 80 valence electrons. The highest BCUT2D eigenvalue weighted by molar-refractivity contribution is 7.89. The van der Waals surface area contributed by atoms with E-state index in [2.05, 4.69) is 0 Å². The van der Waals surface area contributed by atoms with Crippen molar-refractivity contribution in [1.29, 1.82) is 0 Å². The highest BCUT2D eigenvalue weighted by Crippen LogP contribution is 2.00. The van der Waals surface area contributed by atoms with Crippen LogP contribution < -0.4 is 0 Å². The zero-order valence-electron chi connectivity index (χ0n) is 7.40. The molecule has 0 N–H and O–H groups in total. The Morgan fingerprint density at radius 1 is 1.08 bits per heavy atom. The van der Waals surface area contributed by atoms with Crippen LogP contribution in [0.15, 0.2) is 0 Å². The first-order valence-corrected chi connectivity index (χ1v) is 6.64. The Kier molecular flexibility index (Phi) is 4.27. The molecule has 0 fully saturated rings. The monoisotopic (exact) mass is 233 g/mol. The van der Waals surface area contributed by atoms with Gasteiger partial charge in [0.05, 0.1) is 11.5 Å². The fourth-order valence-electron chi connectivity index (χ4n) is 0.596. The summed E-state index contributed by atoms with van der Waals surface area (Å²) in [7, 11) is -5.31. The van der Waals surface area contributed by atoms with Gasteiger partial charge < -0.3 is 0 Å². The first-order chi connectivity index (χ1) is 5.65. The molecule has 0 spiro atoms. The second-order valence-corrected chi connectivity index (χ2v) is 6.48. The molecule has 0 aliphatic rings. The van der Waals surface area contributed by atoms with E-state index in [9.17, 15) is 20.7 Å². The Hall–Kier alpha value is -0.210. The van der Waals surface area contributed by atoms with Crippen molar-refractivity contribution in [3.63, 3.8) is 0 Å². The molecule has 0 bridgehead atoms. The van der Waals surface area contributed by atoms with Gasteiger partial charge >= 0.3 is 10.2 Å². The van der Waals surface area contributed by atoms with Crippen molar-refractivity contribution in [3.8, 4) is 0 Å². The number of rotatable bonds is 5. The normalized spacial score (nSPS) is 13.5. The summed E-state index contributed by atoms with van der Waals surface area (Å²) >= 11 is 0. The summed E-state index contributed by atoms with van der Waals surface area (Å²) in [5, 5.41) is 0. The molecule has 0 heterocycles. The van der Waals surface area contributed by atoms with Crippen molar-refractivity contribution < 1.29 is 20.7 Å². The average molecular weight is 233 g/mol. The van der Waals surface area contributed by atoms with Crippen LogP contribution >= 0.6 is 0 Å². The van der Waals surface area contributed by atoms with E-state index in [4.69, 9.17) is 0 Å². The van der Waals surface area contributed by atoms with E-state index >= 15 is 0 Å². The molecule has 0 aromatic heterocycles. The van der Waals surface area contributed by atoms with Crippen LogP contribution in [0.25, 0.3) is 0 Å². The lowest BCUT2D eigenvalue weighted by Crippen LogP contribution is -2.25. The molecule has 0 aromatic carbocycles. The van der Waals surface area contributed by atoms with Crippen LogP contribution in [-0.2, 0) is 20.2 Å². The predicted molar refractivity (Wildman–Crippen MR) is 47.0 cm³/mol. The third-order valence-electron chi connectivity index (χ3n) is 1.35. The van der Waals surface area contributed by atoms with E-state index in [-0.39, 0.29) is 12.2 Å². The first-order valence-electron chi connectivity index (χ1n) is 3.48. The van der Waals surface area contributed by atoms with E-state index in [1.165, 1.54) is 14.1 Å². The van der Waals surface area contributed by atoms with Gasteiger partial charge in [-0.25, -0.2) is 12.7 Å². The molecule has 0 saturated heterocycles. The van der Waals surface area contributed by atoms with Gasteiger partial charge in [0, 0.05) is 14.1 Å². The lowest BCUT2D eigenvalue weighted by molar-refractivity contribution is 0.518. The molecule has 0 aromatic rings. The number of halogens is 1. The van der Waals surface area contributed by atoms with Crippen LogP contribution in [0.1, 0.15) is 6.42 Å². The lowest BCUT2D eigenvalue weighted by Gasteiger charge is -2.09. The van der Waals surface area contributed by atoms with Crippen LogP contribution in [0.4, 0.5) is 3.89 Å². The summed E-state index contributed by atoms with van der Waals surface area (Å²) in [5.74, 6) is -1.11. The van der Waals surface area contributed by atoms with E-state index in [1.54, 1.807) is 0 Å². The molecule has 0 radical (unpaired) electrons. The molecule has 0 unspecified atom stereocenters. The largest absolute Gasteiger partial charge is 0.302 e. The molecule has 5 nitrogen and oxygen atoms in total. The molecular formula is C5H12FNO4S2. The topological polar surface area (TPSA) is 71.5 Å². The minimum absolute atomic E-state index is 0.223. The minimum Gasteiger partial charge on any atom is -0.212 e. The first kappa shape index (κ1) is 12.8. The summed E-state index contributed by atoms with van der Waals surface area (Å²) < 4.78 is 55.0. The second kappa shape index (κ2) is 4.34.